The molecule has 4 aromatic rings. The molecule has 68 heavy (non-hydrogen) atoms. The van der Waals surface area contributed by atoms with Gasteiger partial charge in [0.15, 0.2) is 0 Å². The van der Waals surface area contributed by atoms with E-state index in [1.54, 1.807) is 46.1 Å². The van der Waals surface area contributed by atoms with Crippen LogP contribution in [0.25, 0.3) is 12.2 Å². The number of carbonyl (C=O) groups is 4. The highest BCUT2D eigenvalue weighted by molar-refractivity contribution is 5.87. The van der Waals surface area contributed by atoms with Gasteiger partial charge in [-0.1, -0.05) is 24.3 Å². The van der Waals surface area contributed by atoms with Crippen molar-refractivity contribution in [1.82, 2.24) is 48.7 Å². The second kappa shape index (κ2) is 19.3. The zero-order valence-electron chi connectivity index (χ0n) is 39.1. The number of aliphatic hydroxyl groups is 2. The number of allylic oxidation sites excluding steroid dienone is 2. The van der Waals surface area contributed by atoms with E-state index >= 15 is 0 Å². The van der Waals surface area contributed by atoms with Gasteiger partial charge in [0.05, 0.1) is 60.0 Å². The molecule has 18 nitrogen and oxygen atoms in total. The lowest BCUT2D eigenvalue weighted by molar-refractivity contribution is -0.139. The average molecular weight is 931 g/mol. The fourth-order valence-corrected chi connectivity index (χ4v) is 11.2. The number of hydrogen-bond acceptors (Lipinski definition) is 10. The summed E-state index contributed by atoms with van der Waals surface area (Å²) in [5, 5.41) is 26.7. The summed E-state index contributed by atoms with van der Waals surface area (Å²) < 4.78 is 7.12. The summed E-state index contributed by atoms with van der Waals surface area (Å²) in [5.74, 6) is -2.49. The maximum Gasteiger partial charge on any atom is 0.258 e. The van der Waals surface area contributed by atoms with Crippen molar-refractivity contribution in [2.75, 3.05) is 26.3 Å². The number of aliphatic hydroxyl groups excluding tert-OH is 2. The minimum atomic E-state index is -0.623. The molecular weight excluding hydrogens is 869 g/mol. The van der Waals surface area contributed by atoms with Crippen LogP contribution in [0.15, 0.2) is 71.1 Å². The van der Waals surface area contributed by atoms with Crippen LogP contribution >= 0.6 is 0 Å². The molecule has 4 fully saturated rings. The molecule has 360 valence electrons. The standard InChI is InChI=1S/2C25H31N5O4/c2*1-3-4-15-7-8-19-22-21(23(32)26-10-9-17-11-28(2)14-27-17)18(13-31)20(12-29(19)24(15)33)30(22)25(34)16-5-6-16/h2*3-4,7-8,11,14,16,18,20-22,31H,5-6,9-10,12-13H2,1-2H3,(H,26,32)/b4-3+;4-3-/t2*18-,20-,21+,22+/m00/s1. The molecule has 2 saturated carbocycles. The monoisotopic (exact) mass is 930 g/mol. The number of nitrogens with one attached hydrogen (secondary N) is 2. The quantitative estimate of drug-likeness (QED) is 0.144. The number of pyridine rings is 2. The Balaban J connectivity index is 0.000000170. The van der Waals surface area contributed by atoms with Gasteiger partial charge in [-0.15, -0.1) is 0 Å². The average Bonchev–Trinajstić information content (AvgIpc) is 4.25. The third kappa shape index (κ3) is 8.67. The number of fused-ring (bicyclic) bond motifs is 8. The van der Waals surface area contributed by atoms with Gasteiger partial charge in [0.2, 0.25) is 23.6 Å². The first kappa shape index (κ1) is 46.7. The van der Waals surface area contributed by atoms with E-state index in [0.717, 1.165) is 37.1 Å². The summed E-state index contributed by atoms with van der Waals surface area (Å²) in [7, 11) is 3.79. The molecule has 2 aliphatic carbocycles. The van der Waals surface area contributed by atoms with E-state index in [2.05, 4.69) is 20.6 Å². The Morgan fingerprint density at radius 1 is 0.647 bits per heavy atom. The van der Waals surface area contributed by atoms with Crippen molar-refractivity contribution in [3.05, 3.63) is 116 Å². The van der Waals surface area contributed by atoms with Gasteiger partial charge in [0, 0.05) is 125 Å². The first-order valence-electron chi connectivity index (χ1n) is 24.0. The maximum atomic E-state index is 13.5. The Kier molecular flexibility index (Phi) is 13.3. The molecule has 10 rings (SSSR count). The number of aromatic nitrogens is 6. The van der Waals surface area contributed by atoms with Gasteiger partial charge in [-0.05, 0) is 63.8 Å². The van der Waals surface area contributed by atoms with Crippen LogP contribution in [-0.4, -0.2) is 110 Å². The molecule has 0 unspecified atom stereocenters. The number of imidazole rings is 2. The first-order valence-corrected chi connectivity index (χ1v) is 24.0. The van der Waals surface area contributed by atoms with Gasteiger partial charge in [0.25, 0.3) is 11.1 Å². The largest absolute Gasteiger partial charge is 0.396 e. The first-order chi connectivity index (χ1) is 32.9. The second-order valence-corrected chi connectivity index (χ2v) is 19.2. The van der Waals surface area contributed by atoms with Gasteiger partial charge >= 0.3 is 0 Å². The number of carbonyl (C=O) groups excluding carboxylic acids is 4. The van der Waals surface area contributed by atoms with E-state index < -0.39 is 35.8 Å². The normalized spacial score (nSPS) is 25.6. The Bertz CT molecular complexity index is 2570. The van der Waals surface area contributed by atoms with Crippen LogP contribution in [0.4, 0.5) is 0 Å². The van der Waals surface area contributed by atoms with Crippen molar-refractivity contribution in [2.24, 2.45) is 49.6 Å². The van der Waals surface area contributed by atoms with Crippen LogP contribution in [-0.2, 0) is 59.2 Å². The maximum absolute atomic E-state index is 13.5. The molecule has 4 bridgehead atoms. The van der Waals surface area contributed by atoms with Crippen molar-refractivity contribution < 1.29 is 29.4 Å². The van der Waals surface area contributed by atoms with Gasteiger partial charge < -0.3 is 48.9 Å². The van der Waals surface area contributed by atoms with Crippen molar-refractivity contribution in [1.29, 1.82) is 0 Å². The summed E-state index contributed by atoms with van der Waals surface area (Å²) in [4.78, 5) is 92.2. The lowest BCUT2D eigenvalue weighted by atomic mass is 9.86. The Morgan fingerprint density at radius 2 is 1.04 bits per heavy atom. The van der Waals surface area contributed by atoms with E-state index in [0.29, 0.717) is 48.4 Å². The van der Waals surface area contributed by atoms with E-state index in [-0.39, 0.29) is 85.0 Å². The topological polar surface area (TPSA) is 219 Å². The fourth-order valence-electron chi connectivity index (χ4n) is 11.2. The molecule has 4 aromatic heterocycles. The van der Waals surface area contributed by atoms with Gasteiger partial charge in [-0.2, -0.15) is 0 Å². The molecule has 4 amide bonds. The lowest BCUT2D eigenvalue weighted by Gasteiger charge is -2.38. The Labute approximate surface area is 394 Å². The SMILES string of the molecule is C/C=C/c1ccc2n(c1=O)C[C@H]1[C@H](CO)[C@@H](C(=O)NCCc3cn(C)cn3)[C@@H]2N1C(=O)C1CC1.C/C=C\c1ccc2n(c1=O)C[C@H]1[C@H](CO)[C@@H](C(=O)NCCc3cn(C)cn3)[C@@H]2N1C(=O)C1CC1. The lowest BCUT2D eigenvalue weighted by Crippen LogP contribution is -2.49. The summed E-state index contributed by atoms with van der Waals surface area (Å²) in [5.41, 5.74) is 3.99. The van der Waals surface area contributed by atoms with Crippen LogP contribution in [0.2, 0.25) is 0 Å². The number of amides is 4. The highest BCUT2D eigenvalue weighted by Gasteiger charge is 2.60. The van der Waals surface area contributed by atoms with Crippen molar-refractivity contribution in [2.45, 2.75) is 89.6 Å². The van der Waals surface area contributed by atoms with Crippen LogP contribution in [0, 0.1) is 35.5 Å². The number of aryl methyl sites for hydroxylation is 2. The molecular formula is C50H62N10O8. The Morgan fingerprint density at radius 3 is 1.37 bits per heavy atom. The molecule has 2 saturated heterocycles. The molecule has 18 heteroatoms. The van der Waals surface area contributed by atoms with Crippen LogP contribution in [0.1, 0.15) is 85.5 Å². The predicted octanol–water partition coefficient (Wildman–Crippen LogP) is 1.75. The van der Waals surface area contributed by atoms with Crippen LogP contribution in [0.3, 0.4) is 0 Å². The summed E-state index contributed by atoms with van der Waals surface area (Å²) in [6.07, 6.45) is 19.0. The van der Waals surface area contributed by atoms with Crippen LogP contribution < -0.4 is 21.8 Å². The third-order valence-electron chi connectivity index (χ3n) is 14.7. The van der Waals surface area contributed by atoms with Gasteiger partial charge in [-0.25, -0.2) is 9.97 Å². The molecule has 6 aliphatic rings. The minimum absolute atomic E-state index is 0.0177. The Hall–Kier alpha value is -6.40. The summed E-state index contributed by atoms with van der Waals surface area (Å²) in [6, 6.07) is 5.34. The molecule has 0 radical (unpaired) electrons. The number of rotatable bonds is 14. The zero-order chi connectivity index (χ0) is 48.0. The van der Waals surface area contributed by atoms with Crippen LogP contribution in [0.5, 0.6) is 0 Å². The van der Waals surface area contributed by atoms with Crippen molar-refractivity contribution in [3.8, 4) is 0 Å². The van der Waals surface area contributed by atoms with E-state index in [1.165, 1.54) is 0 Å². The molecule has 0 spiro atoms. The number of hydrogen-bond donors (Lipinski definition) is 4. The van der Waals surface area contributed by atoms with E-state index in [4.69, 9.17) is 0 Å². The van der Waals surface area contributed by atoms with Gasteiger partial charge in [-0.3, -0.25) is 28.8 Å². The molecule has 4 N–H and O–H groups in total. The fraction of sp³-hybridized carbons (Fsp3) is 0.520. The van der Waals surface area contributed by atoms with Gasteiger partial charge in [0.1, 0.15) is 0 Å². The van der Waals surface area contributed by atoms with Crippen molar-refractivity contribution >= 4 is 35.8 Å². The summed E-state index contributed by atoms with van der Waals surface area (Å²) in [6.45, 7) is 4.66. The predicted molar refractivity (Wildman–Crippen MR) is 251 cm³/mol. The summed E-state index contributed by atoms with van der Waals surface area (Å²) >= 11 is 0. The molecule has 8 atom stereocenters. The number of nitrogens with zero attached hydrogens (tertiary/aromatic N) is 8. The third-order valence-corrected chi connectivity index (χ3v) is 14.7. The highest BCUT2D eigenvalue weighted by atomic mass is 16.3. The van der Waals surface area contributed by atoms with Crippen molar-refractivity contribution in [3.63, 3.8) is 0 Å². The molecule has 8 heterocycles. The second-order valence-electron chi connectivity index (χ2n) is 19.2. The zero-order valence-corrected chi connectivity index (χ0v) is 39.1. The molecule has 4 aliphatic heterocycles. The minimum Gasteiger partial charge on any atom is -0.396 e. The van der Waals surface area contributed by atoms with E-state index in [9.17, 15) is 39.0 Å². The van der Waals surface area contributed by atoms with E-state index in [1.807, 2.05) is 83.6 Å². The smallest absolute Gasteiger partial charge is 0.258 e. The highest BCUT2D eigenvalue weighted by Crippen LogP contribution is 2.52. The molecule has 0 aromatic carbocycles.